The number of rotatable bonds is 5. The summed E-state index contributed by atoms with van der Waals surface area (Å²) in [4.78, 5) is 0. The van der Waals surface area contributed by atoms with E-state index in [1.54, 1.807) is 21.3 Å². The Labute approximate surface area is 118 Å². The number of methoxy groups -OCH3 is 3. The lowest BCUT2D eigenvalue weighted by atomic mass is 9.64. The van der Waals surface area contributed by atoms with Crippen LogP contribution in [0.1, 0.15) is 24.8 Å². The van der Waals surface area contributed by atoms with E-state index in [4.69, 9.17) is 31.5 Å². The van der Waals surface area contributed by atoms with Crippen molar-refractivity contribution < 1.29 is 14.2 Å². The molecule has 0 saturated heterocycles. The molecule has 1 aliphatic rings. The Kier molecular flexibility index (Phi) is 4.11. The Morgan fingerprint density at radius 2 is 1.79 bits per heavy atom. The second kappa shape index (κ2) is 5.47. The van der Waals surface area contributed by atoms with Gasteiger partial charge in [0.1, 0.15) is 10.8 Å². The van der Waals surface area contributed by atoms with Crippen molar-refractivity contribution in [2.75, 3.05) is 27.9 Å². The first-order valence-electron chi connectivity index (χ1n) is 6.32. The molecule has 2 N–H and O–H groups in total. The van der Waals surface area contributed by atoms with Crippen LogP contribution in [0.4, 0.5) is 0 Å². The molecule has 1 fully saturated rings. The Bertz CT molecular complexity index is 467. The summed E-state index contributed by atoms with van der Waals surface area (Å²) in [5.41, 5.74) is 6.94. The molecule has 0 amide bonds. The van der Waals surface area contributed by atoms with Crippen molar-refractivity contribution in [2.45, 2.75) is 24.7 Å². The first-order chi connectivity index (χ1) is 9.13. The van der Waals surface area contributed by atoms with Crippen LogP contribution in [0, 0.1) is 0 Å². The molecule has 1 aromatic carbocycles. The summed E-state index contributed by atoms with van der Waals surface area (Å²) in [6, 6.07) is 1.94. The molecule has 0 atom stereocenters. The number of hydrogen-bond donors (Lipinski definition) is 1. The van der Waals surface area contributed by atoms with Gasteiger partial charge in [-0.2, -0.15) is 0 Å². The van der Waals surface area contributed by atoms with Gasteiger partial charge >= 0.3 is 0 Å². The fraction of sp³-hybridized carbons (Fsp3) is 0.571. The van der Waals surface area contributed by atoms with Gasteiger partial charge in [-0.25, -0.2) is 0 Å². The molecular weight excluding hydrogens is 266 g/mol. The molecule has 4 nitrogen and oxygen atoms in total. The molecule has 0 spiro atoms. The van der Waals surface area contributed by atoms with E-state index in [0.717, 1.165) is 18.4 Å². The van der Waals surface area contributed by atoms with E-state index < -0.39 is 0 Å². The average Bonchev–Trinajstić information content (AvgIpc) is 2.37. The van der Waals surface area contributed by atoms with Gasteiger partial charge in [0.25, 0.3) is 0 Å². The van der Waals surface area contributed by atoms with E-state index in [0.29, 0.717) is 28.8 Å². The quantitative estimate of drug-likeness (QED) is 0.904. The molecule has 0 unspecified atom stereocenters. The first-order valence-corrected chi connectivity index (χ1v) is 6.70. The summed E-state index contributed by atoms with van der Waals surface area (Å²) in [6.45, 7) is 0.579. The van der Waals surface area contributed by atoms with Gasteiger partial charge in [0, 0.05) is 17.5 Å². The van der Waals surface area contributed by atoms with Crippen molar-refractivity contribution in [2.24, 2.45) is 5.73 Å². The monoisotopic (exact) mass is 285 g/mol. The highest BCUT2D eigenvalue weighted by Gasteiger charge is 2.41. The topological polar surface area (TPSA) is 53.7 Å². The molecule has 0 aromatic heterocycles. The second-order valence-electron chi connectivity index (χ2n) is 4.84. The maximum Gasteiger partial charge on any atom is 0.183 e. The molecule has 5 heteroatoms. The average molecular weight is 286 g/mol. The van der Waals surface area contributed by atoms with Crippen LogP contribution in [0.5, 0.6) is 17.2 Å². The van der Waals surface area contributed by atoms with Gasteiger partial charge in [-0.05, 0) is 18.9 Å². The van der Waals surface area contributed by atoms with E-state index in [-0.39, 0.29) is 5.41 Å². The summed E-state index contributed by atoms with van der Waals surface area (Å²) >= 11 is 6.37. The van der Waals surface area contributed by atoms with Crippen molar-refractivity contribution in [3.05, 3.63) is 16.7 Å². The SMILES string of the molecule is COc1cc(C2(CN)CCC2)c(OC)c(Cl)c1OC. The number of hydrogen-bond acceptors (Lipinski definition) is 4. The van der Waals surface area contributed by atoms with Gasteiger partial charge in [0.05, 0.1) is 21.3 Å². The Morgan fingerprint density at radius 3 is 2.16 bits per heavy atom. The Balaban J connectivity index is 2.63. The third-order valence-electron chi connectivity index (χ3n) is 4.04. The maximum atomic E-state index is 6.37. The highest BCUT2D eigenvalue weighted by atomic mass is 35.5. The van der Waals surface area contributed by atoms with Crippen molar-refractivity contribution in [3.8, 4) is 17.2 Å². The van der Waals surface area contributed by atoms with Gasteiger partial charge in [0.2, 0.25) is 0 Å². The largest absolute Gasteiger partial charge is 0.495 e. The van der Waals surface area contributed by atoms with Crippen LogP contribution in [0.3, 0.4) is 0 Å². The molecular formula is C14H20ClNO3. The molecule has 1 saturated carbocycles. The Morgan fingerprint density at radius 1 is 1.16 bits per heavy atom. The second-order valence-corrected chi connectivity index (χ2v) is 5.22. The minimum absolute atomic E-state index is 0.0471. The van der Waals surface area contributed by atoms with E-state index in [9.17, 15) is 0 Å². The standard InChI is InChI=1S/C14H20ClNO3/c1-17-10-7-9(14(8-16)5-4-6-14)12(18-2)11(15)13(10)19-3/h7H,4-6,8,16H2,1-3H3. The maximum absolute atomic E-state index is 6.37. The summed E-state index contributed by atoms with van der Waals surface area (Å²) in [5, 5.41) is 0.444. The zero-order valence-electron chi connectivity index (χ0n) is 11.6. The third-order valence-corrected chi connectivity index (χ3v) is 4.39. The van der Waals surface area contributed by atoms with Crippen molar-refractivity contribution >= 4 is 11.6 Å². The van der Waals surface area contributed by atoms with Crippen LogP contribution in [-0.4, -0.2) is 27.9 Å². The summed E-state index contributed by atoms with van der Waals surface area (Å²) in [6.07, 6.45) is 3.27. The predicted octanol–water partition coefficient (Wildman–Crippen LogP) is 2.75. The lowest BCUT2D eigenvalue weighted by Crippen LogP contribution is -2.41. The molecule has 0 bridgehead atoms. The molecule has 1 aliphatic carbocycles. The van der Waals surface area contributed by atoms with Crippen LogP contribution >= 0.6 is 11.6 Å². The minimum Gasteiger partial charge on any atom is -0.495 e. The van der Waals surface area contributed by atoms with Crippen LogP contribution in [0.15, 0.2) is 6.07 Å². The lowest BCUT2D eigenvalue weighted by Gasteiger charge is -2.42. The van der Waals surface area contributed by atoms with E-state index in [2.05, 4.69) is 0 Å². The van der Waals surface area contributed by atoms with E-state index in [1.165, 1.54) is 6.42 Å². The molecule has 0 heterocycles. The summed E-state index contributed by atoms with van der Waals surface area (Å²) in [7, 11) is 4.77. The zero-order chi connectivity index (χ0) is 14.0. The molecule has 0 radical (unpaired) electrons. The highest BCUT2D eigenvalue weighted by molar-refractivity contribution is 6.34. The van der Waals surface area contributed by atoms with Gasteiger partial charge in [-0.15, -0.1) is 0 Å². The summed E-state index contributed by atoms with van der Waals surface area (Å²) < 4.78 is 16.1. The lowest BCUT2D eigenvalue weighted by molar-refractivity contribution is 0.241. The fourth-order valence-electron chi connectivity index (χ4n) is 2.71. The van der Waals surface area contributed by atoms with Crippen LogP contribution < -0.4 is 19.9 Å². The van der Waals surface area contributed by atoms with Gasteiger partial charge < -0.3 is 19.9 Å². The van der Waals surface area contributed by atoms with Gasteiger partial charge in [0.15, 0.2) is 11.5 Å². The third kappa shape index (κ3) is 2.13. The van der Waals surface area contributed by atoms with Crippen molar-refractivity contribution in [3.63, 3.8) is 0 Å². The molecule has 1 aromatic rings. The van der Waals surface area contributed by atoms with Crippen LogP contribution in [-0.2, 0) is 5.41 Å². The van der Waals surface area contributed by atoms with Crippen molar-refractivity contribution in [1.82, 2.24) is 0 Å². The van der Waals surface area contributed by atoms with Gasteiger partial charge in [-0.1, -0.05) is 18.0 Å². The van der Waals surface area contributed by atoms with Crippen molar-refractivity contribution in [1.29, 1.82) is 0 Å². The number of ether oxygens (including phenoxy) is 3. The normalized spacial score (nSPS) is 16.7. The van der Waals surface area contributed by atoms with Crippen LogP contribution in [0.2, 0.25) is 5.02 Å². The number of benzene rings is 1. The van der Waals surface area contributed by atoms with Gasteiger partial charge in [-0.3, -0.25) is 0 Å². The number of halogens is 1. The summed E-state index contributed by atoms with van der Waals surface area (Å²) in [5.74, 6) is 1.75. The first kappa shape index (κ1) is 14.3. The highest BCUT2D eigenvalue weighted by Crippen LogP contribution is 2.53. The molecule has 0 aliphatic heterocycles. The predicted molar refractivity (Wildman–Crippen MR) is 75.7 cm³/mol. The fourth-order valence-corrected chi connectivity index (χ4v) is 3.06. The van der Waals surface area contributed by atoms with E-state index in [1.807, 2.05) is 6.07 Å². The van der Waals surface area contributed by atoms with E-state index >= 15 is 0 Å². The van der Waals surface area contributed by atoms with Crippen LogP contribution in [0.25, 0.3) is 0 Å². The Hall–Kier alpha value is -1.13. The molecule has 2 rings (SSSR count). The minimum atomic E-state index is -0.0471. The number of nitrogens with two attached hydrogens (primary N) is 1. The smallest absolute Gasteiger partial charge is 0.183 e. The zero-order valence-corrected chi connectivity index (χ0v) is 12.3. The molecule has 106 valence electrons. The molecule has 19 heavy (non-hydrogen) atoms.